The van der Waals surface area contributed by atoms with E-state index in [4.69, 9.17) is 0 Å². The first kappa shape index (κ1) is 20.6. The number of benzene rings is 1. The Balaban J connectivity index is 1.86. The van der Waals surface area contributed by atoms with Crippen molar-refractivity contribution in [1.82, 2.24) is 15.5 Å². The first-order chi connectivity index (χ1) is 12.1. The quantitative estimate of drug-likeness (QED) is 0.618. The van der Waals surface area contributed by atoms with Crippen LogP contribution < -0.4 is 10.6 Å². The second kappa shape index (κ2) is 8.29. The zero-order valence-electron chi connectivity index (χ0n) is 16.0. The summed E-state index contributed by atoms with van der Waals surface area (Å²) in [6.07, 6.45) is -3.47. The van der Waals surface area contributed by atoms with E-state index < -0.39 is 12.7 Å². The summed E-state index contributed by atoms with van der Waals surface area (Å²) in [5, 5.41) is 6.56. The van der Waals surface area contributed by atoms with E-state index in [0.717, 1.165) is 0 Å². The minimum atomic E-state index is -4.15. The molecular formula is C19H29F3N4. The lowest BCUT2D eigenvalue weighted by atomic mass is 9.84. The number of guanidine groups is 1. The van der Waals surface area contributed by atoms with Gasteiger partial charge in [-0.15, -0.1) is 0 Å². The van der Waals surface area contributed by atoms with E-state index in [2.05, 4.69) is 54.6 Å². The standard InChI is InChI=1S/C19H29F3N4/c1-14-6-5-7-15(10-14)18(2,3)12-24-17(23-4)25-16-8-9-26(11-16)13-19(20,21)22/h5-7,10,16H,8-9,11-13H2,1-4H3,(H2,23,24,25). The van der Waals surface area contributed by atoms with Crippen LogP contribution in [0.25, 0.3) is 0 Å². The fourth-order valence-corrected chi connectivity index (χ4v) is 3.21. The molecule has 1 aliphatic rings. The highest BCUT2D eigenvalue weighted by molar-refractivity contribution is 5.80. The molecule has 26 heavy (non-hydrogen) atoms. The van der Waals surface area contributed by atoms with E-state index in [9.17, 15) is 13.2 Å². The summed E-state index contributed by atoms with van der Waals surface area (Å²) in [6.45, 7) is 7.03. The van der Waals surface area contributed by atoms with Crippen LogP contribution in [0.1, 0.15) is 31.4 Å². The second-order valence-corrected chi connectivity index (χ2v) is 7.66. The SMILES string of the molecule is CN=C(NCC(C)(C)c1cccc(C)c1)NC1CCN(CC(F)(F)F)C1. The maximum Gasteiger partial charge on any atom is 0.401 e. The molecule has 0 spiro atoms. The lowest BCUT2D eigenvalue weighted by molar-refractivity contribution is -0.143. The molecule has 0 amide bonds. The van der Waals surface area contributed by atoms with Crippen LogP contribution in [0.15, 0.2) is 29.3 Å². The molecule has 7 heteroatoms. The Kier molecular flexibility index (Phi) is 6.55. The maximum absolute atomic E-state index is 12.5. The van der Waals surface area contributed by atoms with Crippen LogP contribution in [0.2, 0.25) is 0 Å². The predicted molar refractivity (Wildman–Crippen MR) is 99.6 cm³/mol. The molecule has 2 rings (SSSR count). The van der Waals surface area contributed by atoms with Gasteiger partial charge in [0.1, 0.15) is 0 Å². The molecule has 1 heterocycles. The van der Waals surface area contributed by atoms with Crippen molar-refractivity contribution in [2.75, 3.05) is 33.2 Å². The minimum Gasteiger partial charge on any atom is -0.356 e. The Morgan fingerprint density at radius 1 is 1.31 bits per heavy atom. The number of aryl methyl sites for hydroxylation is 1. The van der Waals surface area contributed by atoms with Crippen molar-refractivity contribution in [3.63, 3.8) is 0 Å². The molecule has 2 N–H and O–H groups in total. The number of nitrogens with one attached hydrogen (secondary N) is 2. The molecule has 1 saturated heterocycles. The molecule has 1 fully saturated rings. The van der Waals surface area contributed by atoms with Crippen LogP contribution in [0.4, 0.5) is 13.2 Å². The summed E-state index contributed by atoms with van der Waals surface area (Å²) in [4.78, 5) is 5.65. The summed E-state index contributed by atoms with van der Waals surface area (Å²) in [5.74, 6) is 0.629. The highest BCUT2D eigenvalue weighted by Crippen LogP contribution is 2.23. The number of halogens is 3. The fourth-order valence-electron chi connectivity index (χ4n) is 3.21. The molecule has 1 aliphatic heterocycles. The van der Waals surface area contributed by atoms with Crippen LogP contribution in [0, 0.1) is 6.92 Å². The van der Waals surface area contributed by atoms with Gasteiger partial charge in [0.2, 0.25) is 0 Å². The summed E-state index contributed by atoms with van der Waals surface area (Å²) in [7, 11) is 1.68. The summed E-state index contributed by atoms with van der Waals surface area (Å²) < 4.78 is 37.5. The first-order valence-corrected chi connectivity index (χ1v) is 8.92. The van der Waals surface area contributed by atoms with Gasteiger partial charge in [-0.05, 0) is 18.9 Å². The number of aliphatic imine (C=N–C) groups is 1. The molecule has 0 bridgehead atoms. The molecule has 0 aliphatic carbocycles. The van der Waals surface area contributed by atoms with Crippen molar-refractivity contribution in [1.29, 1.82) is 0 Å². The van der Waals surface area contributed by atoms with Gasteiger partial charge < -0.3 is 10.6 Å². The van der Waals surface area contributed by atoms with E-state index in [1.54, 1.807) is 7.05 Å². The number of likely N-dealkylation sites (tertiary alicyclic amines) is 1. The largest absolute Gasteiger partial charge is 0.401 e. The second-order valence-electron chi connectivity index (χ2n) is 7.66. The van der Waals surface area contributed by atoms with E-state index in [1.165, 1.54) is 16.0 Å². The highest BCUT2D eigenvalue weighted by atomic mass is 19.4. The average Bonchev–Trinajstić information content (AvgIpc) is 2.96. The van der Waals surface area contributed by atoms with Gasteiger partial charge in [0.05, 0.1) is 6.54 Å². The number of rotatable bonds is 5. The Morgan fingerprint density at radius 2 is 2.04 bits per heavy atom. The zero-order valence-corrected chi connectivity index (χ0v) is 16.0. The average molecular weight is 370 g/mol. The fraction of sp³-hybridized carbons (Fsp3) is 0.632. The van der Waals surface area contributed by atoms with Gasteiger partial charge in [0, 0.05) is 38.1 Å². The van der Waals surface area contributed by atoms with Crippen molar-refractivity contribution in [2.24, 2.45) is 4.99 Å². The molecule has 4 nitrogen and oxygen atoms in total. The van der Waals surface area contributed by atoms with E-state index in [0.29, 0.717) is 32.0 Å². The Labute approximate surface area is 153 Å². The number of alkyl halides is 3. The van der Waals surface area contributed by atoms with E-state index >= 15 is 0 Å². The van der Waals surface area contributed by atoms with E-state index in [-0.39, 0.29) is 11.5 Å². The summed E-state index contributed by atoms with van der Waals surface area (Å²) >= 11 is 0. The van der Waals surface area contributed by atoms with Gasteiger partial charge in [0.25, 0.3) is 0 Å². The molecule has 0 radical (unpaired) electrons. The van der Waals surface area contributed by atoms with Crippen LogP contribution in [-0.2, 0) is 5.41 Å². The predicted octanol–water partition coefficient (Wildman–Crippen LogP) is 3.07. The van der Waals surface area contributed by atoms with Gasteiger partial charge in [-0.1, -0.05) is 43.7 Å². The van der Waals surface area contributed by atoms with Crippen molar-refractivity contribution in [2.45, 2.75) is 44.8 Å². The number of hydrogen-bond acceptors (Lipinski definition) is 2. The van der Waals surface area contributed by atoms with Crippen LogP contribution in [0.3, 0.4) is 0 Å². The monoisotopic (exact) mass is 370 g/mol. The molecule has 1 unspecified atom stereocenters. The lowest BCUT2D eigenvalue weighted by Crippen LogP contribution is -2.48. The van der Waals surface area contributed by atoms with Crippen molar-refractivity contribution >= 4 is 5.96 Å². The Morgan fingerprint density at radius 3 is 2.65 bits per heavy atom. The van der Waals surface area contributed by atoms with Gasteiger partial charge >= 0.3 is 6.18 Å². The van der Waals surface area contributed by atoms with Gasteiger partial charge in [-0.2, -0.15) is 13.2 Å². The molecule has 0 saturated carbocycles. The molecule has 0 aromatic heterocycles. The smallest absolute Gasteiger partial charge is 0.356 e. The van der Waals surface area contributed by atoms with Crippen LogP contribution in [0.5, 0.6) is 0 Å². The van der Waals surface area contributed by atoms with E-state index in [1.807, 2.05) is 6.07 Å². The Hall–Kier alpha value is -1.76. The zero-order chi connectivity index (χ0) is 19.4. The van der Waals surface area contributed by atoms with Crippen LogP contribution in [-0.4, -0.2) is 56.3 Å². The molecule has 1 aromatic rings. The summed E-state index contributed by atoms with van der Waals surface area (Å²) in [6, 6.07) is 8.37. The highest BCUT2D eigenvalue weighted by Gasteiger charge is 2.34. The summed E-state index contributed by atoms with van der Waals surface area (Å²) in [5.41, 5.74) is 2.35. The first-order valence-electron chi connectivity index (χ1n) is 8.92. The third kappa shape index (κ3) is 6.20. The Bertz CT molecular complexity index is 625. The molecule has 1 atom stereocenters. The van der Waals surface area contributed by atoms with Crippen LogP contribution >= 0.6 is 0 Å². The third-order valence-corrected chi connectivity index (χ3v) is 4.74. The topological polar surface area (TPSA) is 39.7 Å². The molecule has 146 valence electrons. The van der Waals surface area contributed by atoms with Gasteiger partial charge in [-0.3, -0.25) is 9.89 Å². The number of hydrogen-bond donors (Lipinski definition) is 2. The third-order valence-electron chi connectivity index (χ3n) is 4.74. The minimum absolute atomic E-state index is 0.0226. The number of nitrogens with zero attached hydrogens (tertiary/aromatic N) is 2. The van der Waals surface area contributed by atoms with Crippen molar-refractivity contribution in [3.05, 3.63) is 35.4 Å². The lowest BCUT2D eigenvalue weighted by Gasteiger charge is -2.28. The maximum atomic E-state index is 12.5. The van der Waals surface area contributed by atoms with Gasteiger partial charge in [0.15, 0.2) is 5.96 Å². The molecule has 1 aromatic carbocycles. The molecular weight excluding hydrogens is 341 g/mol. The van der Waals surface area contributed by atoms with Crippen molar-refractivity contribution in [3.8, 4) is 0 Å². The van der Waals surface area contributed by atoms with Gasteiger partial charge in [-0.25, -0.2) is 0 Å². The normalized spacial score (nSPS) is 19.7. The van der Waals surface area contributed by atoms with Crippen molar-refractivity contribution < 1.29 is 13.2 Å².